The Bertz CT molecular complexity index is 750. The SMILES string of the molecule is CC(C)n1c(C#Cc2nc(N)ncc2Cl)cnc1C(C)(C)O. The van der Waals surface area contributed by atoms with E-state index >= 15 is 0 Å². The highest BCUT2D eigenvalue weighted by atomic mass is 35.5. The molecule has 0 aliphatic carbocycles. The summed E-state index contributed by atoms with van der Waals surface area (Å²) in [4.78, 5) is 12.1. The molecule has 0 aromatic carbocycles. The fourth-order valence-corrected chi connectivity index (χ4v) is 2.16. The summed E-state index contributed by atoms with van der Waals surface area (Å²) < 4.78 is 1.88. The van der Waals surface area contributed by atoms with Gasteiger partial charge in [-0.2, -0.15) is 0 Å². The van der Waals surface area contributed by atoms with Gasteiger partial charge in [0, 0.05) is 6.04 Å². The summed E-state index contributed by atoms with van der Waals surface area (Å²) in [6.45, 7) is 7.37. The zero-order valence-corrected chi connectivity index (χ0v) is 13.7. The Morgan fingerprint density at radius 2 is 1.95 bits per heavy atom. The van der Waals surface area contributed by atoms with E-state index in [2.05, 4.69) is 26.8 Å². The predicted octanol–water partition coefficient (Wildman–Crippen LogP) is 2.12. The van der Waals surface area contributed by atoms with Gasteiger partial charge in [-0.05, 0) is 39.5 Å². The molecule has 0 amide bonds. The van der Waals surface area contributed by atoms with Crippen LogP contribution in [0.15, 0.2) is 12.4 Å². The Hall–Kier alpha value is -2.10. The minimum atomic E-state index is -1.05. The molecule has 0 spiro atoms. The van der Waals surface area contributed by atoms with Crippen molar-refractivity contribution in [1.82, 2.24) is 19.5 Å². The minimum absolute atomic E-state index is 0.0964. The molecule has 2 heterocycles. The van der Waals surface area contributed by atoms with E-state index < -0.39 is 5.60 Å². The van der Waals surface area contributed by atoms with Gasteiger partial charge in [-0.15, -0.1) is 0 Å². The summed E-state index contributed by atoms with van der Waals surface area (Å²) in [5, 5.41) is 10.5. The van der Waals surface area contributed by atoms with Gasteiger partial charge in [-0.25, -0.2) is 15.0 Å². The fourth-order valence-electron chi connectivity index (χ4n) is 2.02. The molecule has 116 valence electrons. The first-order valence-corrected chi connectivity index (χ1v) is 7.18. The number of anilines is 1. The van der Waals surface area contributed by atoms with E-state index in [1.165, 1.54) is 6.20 Å². The highest BCUT2D eigenvalue weighted by Gasteiger charge is 2.25. The lowest BCUT2D eigenvalue weighted by molar-refractivity contribution is 0.0635. The number of imidazole rings is 1. The van der Waals surface area contributed by atoms with Crippen LogP contribution in [0.3, 0.4) is 0 Å². The van der Waals surface area contributed by atoms with Gasteiger partial charge in [0.25, 0.3) is 0 Å². The number of hydrogen-bond acceptors (Lipinski definition) is 5. The van der Waals surface area contributed by atoms with Crippen LogP contribution in [-0.4, -0.2) is 24.6 Å². The maximum atomic E-state index is 10.2. The molecule has 0 saturated carbocycles. The van der Waals surface area contributed by atoms with E-state index in [0.29, 0.717) is 22.2 Å². The van der Waals surface area contributed by atoms with Crippen molar-refractivity contribution in [2.75, 3.05) is 5.73 Å². The third-order valence-corrected chi connectivity index (χ3v) is 3.21. The van der Waals surface area contributed by atoms with Crippen LogP contribution in [-0.2, 0) is 5.60 Å². The highest BCUT2D eigenvalue weighted by Crippen LogP contribution is 2.23. The molecular weight excluding hydrogens is 302 g/mol. The Balaban J connectivity index is 2.50. The summed E-state index contributed by atoms with van der Waals surface area (Å²) in [5.74, 6) is 6.52. The average molecular weight is 320 g/mol. The lowest BCUT2D eigenvalue weighted by atomic mass is 10.1. The first-order valence-electron chi connectivity index (χ1n) is 6.80. The molecule has 22 heavy (non-hydrogen) atoms. The molecule has 0 saturated heterocycles. The second-order valence-electron chi connectivity index (χ2n) is 5.66. The third kappa shape index (κ3) is 3.38. The van der Waals surface area contributed by atoms with Crippen molar-refractivity contribution in [3.63, 3.8) is 0 Å². The van der Waals surface area contributed by atoms with Crippen molar-refractivity contribution in [2.45, 2.75) is 39.3 Å². The van der Waals surface area contributed by atoms with Gasteiger partial charge in [0.1, 0.15) is 22.8 Å². The van der Waals surface area contributed by atoms with Gasteiger partial charge in [-0.1, -0.05) is 11.6 Å². The Kier molecular flexibility index (Phi) is 4.40. The summed E-state index contributed by atoms with van der Waals surface area (Å²) in [5.41, 5.74) is 5.51. The first kappa shape index (κ1) is 16.3. The summed E-state index contributed by atoms with van der Waals surface area (Å²) >= 11 is 6.00. The number of hydrogen-bond donors (Lipinski definition) is 2. The largest absolute Gasteiger partial charge is 0.383 e. The molecule has 0 bridgehead atoms. The molecular formula is C15H18ClN5O. The second kappa shape index (κ2) is 5.95. The van der Waals surface area contributed by atoms with Crippen LogP contribution in [0.1, 0.15) is 50.9 Å². The van der Waals surface area contributed by atoms with E-state index in [1.54, 1.807) is 20.0 Å². The standard InChI is InChI=1S/C15H18ClN5O/c1-9(2)21-10(7-18-13(21)15(3,4)22)5-6-12-11(16)8-19-14(17)20-12/h7-9,22H,1-4H3,(H2,17,19,20). The van der Waals surface area contributed by atoms with Crippen molar-refractivity contribution >= 4 is 17.5 Å². The van der Waals surface area contributed by atoms with Gasteiger partial charge < -0.3 is 15.4 Å². The molecule has 0 fully saturated rings. The monoisotopic (exact) mass is 319 g/mol. The predicted molar refractivity (Wildman–Crippen MR) is 85.3 cm³/mol. The number of aromatic nitrogens is 4. The quantitative estimate of drug-likeness (QED) is 0.827. The van der Waals surface area contributed by atoms with Crippen LogP contribution in [0.5, 0.6) is 0 Å². The molecule has 2 aromatic heterocycles. The van der Waals surface area contributed by atoms with Crippen molar-refractivity contribution in [1.29, 1.82) is 0 Å². The smallest absolute Gasteiger partial charge is 0.221 e. The maximum Gasteiger partial charge on any atom is 0.221 e. The molecule has 0 aliphatic rings. The molecule has 7 heteroatoms. The van der Waals surface area contributed by atoms with Gasteiger partial charge >= 0.3 is 0 Å². The highest BCUT2D eigenvalue weighted by molar-refractivity contribution is 6.31. The van der Waals surface area contributed by atoms with Crippen LogP contribution in [0, 0.1) is 11.8 Å². The van der Waals surface area contributed by atoms with E-state index in [0.717, 1.165) is 0 Å². The molecule has 0 unspecified atom stereocenters. The minimum Gasteiger partial charge on any atom is -0.383 e. The maximum absolute atomic E-state index is 10.2. The van der Waals surface area contributed by atoms with Crippen LogP contribution in [0.25, 0.3) is 0 Å². The van der Waals surface area contributed by atoms with Gasteiger partial charge in [-0.3, -0.25) is 0 Å². The van der Waals surface area contributed by atoms with Crippen LogP contribution in [0.2, 0.25) is 5.02 Å². The summed E-state index contributed by atoms with van der Waals surface area (Å²) in [6, 6.07) is 0.0964. The summed E-state index contributed by atoms with van der Waals surface area (Å²) in [7, 11) is 0. The Labute approximate surface area is 134 Å². The number of rotatable bonds is 2. The number of halogens is 1. The number of nitrogens with two attached hydrogens (primary N) is 1. The Morgan fingerprint density at radius 3 is 2.55 bits per heavy atom. The molecule has 2 rings (SSSR count). The van der Waals surface area contributed by atoms with Crippen LogP contribution < -0.4 is 5.73 Å². The van der Waals surface area contributed by atoms with E-state index in [4.69, 9.17) is 17.3 Å². The molecule has 0 radical (unpaired) electrons. The molecule has 3 N–H and O–H groups in total. The fraction of sp³-hybridized carbons (Fsp3) is 0.400. The Morgan fingerprint density at radius 1 is 1.27 bits per heavy atom. The molecule has 6 nitrogen and oxygen atoms in total. The van der Waals surface area contributed by atoms with Crippen LogP contribution >= 0.6 is 11.6 Å². The average Bonchev–Trinajstić information content (AvgIpc) is 2.84. The first-order chi connectivity index (χ1) is 10.2. The van der Waals surface area contributed by atoms with Gasteiger partial charge in [0.2, 0.25) is 5.95 Å². The zero-order chi connectivity index (χ0) is 16.5. The lowest BCUT2D eigenvalue weighted by Crippen LogP contribution is -2.23. The number of nitrogens with zero attached hydrogens (tertiary/aromatic N) is 4. The van der Waals surface area contributed by atoms with Gasteiger partial charge in [0.15, 0.2) is 0 Å². The van der Waals surface area contributed by atoms with Gasteiger partial charge in [0.05, 0.1) is 17.4 Å². The normalized spacial score (nSPS) is 11.4. The summed E-state index contributed by atoms with van der Waals surface area (Å²) in [6.07, 6.45) is 3.04. The third-order valence-electron chi connectivity index (χ3n) is 2.93. The van der Waals surface area contributed by atoms with E-state index in [1.807, 2.05) is 18.4 Å². The van der Waals surface area contributed by atoms with E-state index in [9.17, 15) is 5.11 Å². The lowest BCUT2D eigenvalue weighted by Gasteiger charge is -2.21. The van der Waals surface area contributed by atoms with Crippen molar-refractivity contribution < 1.29 is 5.11 Å². The molecule has 0 atom stereocenters. The van der Waals surface area contributed by atoms with Crippen LogP contribution in [0.4, 0.5) is 5.95 Å². The van der Waals surface area contributed by atoms with Crippen molar-refractivity contribution in [3.8, 4) is 11.8 Å². The molecule has 2 aromatic rings. The topological polar surface area (TPSA) is 89.9 Å². The van der Waals surface area contributed by atoms with E-state index in [-0.39, 0.29) is 12.0 Å². The molecule has 0 aliphatic heterocycles. The van der Waals surface area contributed by atoms with Crippen molar-refractivity contribution in [3.05, 3.63) is 34.6 Å². The van der Waals surface area contributed by atoms with Crippen molar-refractivity contribution in [2.24, 2.45) is 0 Å². The second-order valence-corrected chi connectivity index (χ2v) is 6.07. The zero-order valence-electron chi connectivity index (χ0n) is 12.9. The number of nitrogen functional groups attached to an aromatic ring is 1. The number of aliphatic hydroxyl groups is 1.